The number of hydrogen-bond acceptors (Lipinski definition) is 3. The third-order valence-electron chi connectivity index (χ3n) is 2.24. The lowest BCUT2D eigenvalue weighted by Gasteiger charge is -2.05. The summed E-state index contributed by atoms with van der Waals surface area (Å²) in [4.78, 5) is 4.26. The van der Waals surface area contributed by atoms with Gasteiger partial charge >= 0.3 is 0 Å². The molecule has 0 saturated carbocycles. The monoisotopic (exact) mass is 210 g/mol. The molecule has 1 aromatic heterocycles. The maximum absolute atomic E-state index is 9.71. The van der Waals surface area contributed by atoms with E-state index < -0.39 is 0 Å². The molecule has 0 fully saturated rings. The molecule has 0 saturated heterocycles. The van der Waals surface area contributed by atoms with Crippen LogP contribution in [0.5, 0.6) is 5.75 Å². The van der Waals surface area contributed by atoms with Gasteiger partial charge in [-0.1, -0.05) is 30.3 Å². The number of pyridine rings is 1. The normalized spacial score (nSPS) is 9.69. The molecule has 2 rings (SSSR count). The van der Waals surface area contributed by atoms with Crippen LogP contribution >= 0.6 is 0 Å². The fraction of sp³-hybridized carbons (Fsp3) is 0.0769. The zero-order valence-corrected chi connectivity index (χ0v) is 8.59. The maximum atomic E-state index is 9.71. The van der Waals surface area contributed by atoms with Crippen LogP contribution in [0.25, 0.3) is 11.3 Å². The summed E-state index contributed by atoms with van der Waals surface area (Å²) < 4.78 is 0. The summed E-state index contributed by atoms with van der Waals surface area (Å²) in [7, 11) is 0. The summed E-state index contributed by atoms with van der Waals surface area (Å²) in [6, 6.07) is 14.7. The van der Waals surface area contributed by atoms with Gasteiger partial charge in [0, 0.05) is 5.56 Å². The second-order valence-electron chi connectivity index (χ2n) is 3.37. The lowest BCUT2D eigenvalue weighted by Crippen LogP contribution is -1.91. The van der Waals surface area contributed by atoms with Crippen LogP contribution in [0.1, 0.15) is 5.69 Å². The molecule has 0 bridgehead atoms. The van der Waals surface area contributed by atoms with Crippen molar-refractivity contribution in [2.24, 2.45) is 0 Å². The zero-order chi connectivity index (χ0) is 11.4. The van der Waals surface area contributed by atoms with Gasteiger partial charge in [0.1, 0.15) is 11.4 Å². The third kappa shape index (κ3) is 2.01. The SMILES string of the molecule is N#CCc1ccc(O)c(-c2ccccc2)n1. The minimum absolute atomic E-state index is 0.132. The summed E-state index contributed by atoms with van der Waals surface area (Å²) in [6.07, 6.45) is 0.250. The lowest BCUT2D eigenvalue weighted by atomic mass is 10.1. The third-order valence-corrected chi connectivity index (χ3v) is 2.24. The first-order valence-corrected chi connectivity index (χ1v) is 4.92. The van der Waals surface area contributed by atoms with Crippen molar-refractivity contribution in [2.45, 2.75) is 6.42 Å². The average Bonchev–Trinajstić information content (AvgIpc) is 2.33. The topological polar surface area (TPSA) is 56.9 Å². The molecule has 78 valence electrons. The predicted octanol–water partition coefficient (Wildman–Crippen LogP) is 2.52. The van der Waals surface area contributed by atoms with Gasteiger partial charge in [0.15, 0.2) is 0 Å². The van der Waals surface area contributed by atoms with Crippen molar-refractivity contribution in [3.05, 3.63) is 48.2 Å². The van der Waals surface area contributed by atoms with Gasteiger partial charge in [0.2, 0.25) is 0 Å². The van der Waals surface area contributed by atoms with Gasteiger partial charge in [0.25, 0.3) is 0 Å². The number of aromatic hydroxyl groups is 1. The first-order chi connectivity index (χ1) is 7.81. The Labute approximate surface area is 93.6 Å². The average molecular weight is 210 g/mol. The molecule has 3 nitrogen and oxygen atoms in total. The number of nitriles is 1. The summed E-state index contributed by atoms with van der Waals surface area (Å²) >= 11 is 0. The number of hydrogen-bond donors (Lipinski definition) is 1. The van der Waals surface area contributed by atoms with Crippen LogP contribution < -0.4 is 0 Å². The molecule has 1 aromatic carbocycles. The van der Waals surface area contributed by atoms with Gasteiger partial charge in [0.05, 0.1) is 18.2 Å². The van der Waals surface area contributed by atoms with Crippen LogP contribution in [0.2, 0.25) is 0 Å². The second-order valence-corrected chi connectivity index (χ2v) is 3.37. The van der Waals surface area contributed by atoms with Gasteiger partial charge in [-0.25, -0.2) is 4.98 Å². The first-order valence-electron chi connectivity index (χ1n) is 4.92. The van der Waals surface area contributed by atoms with E-state index in [-0.39, 0.29) is 12.2 Å². The molecule has 0 radical (unpaired) electrons. The summed E-state index contributed by atoms with van der Waals surface area (Å²) in [6.45, 7) is 0. The maximum Gasteiger partial charge on any atom is 0.141 e. The number of aromatic nitrogens is 1. The standard InChI is InChI=1S/C13H10N2O/c14-9-8-11-6-7-12(16)13(15-11)10-4-2-1-3-5-10/h1-7,16H,8H2. The Bertz CT molecular complexity index is 529. The molecule has 0 amide bonds. The fourth-order valence-electron chi connectivity index (χ4n) is 1.48. The van der Waals surface area contributed by atoms with Crippen LogP contribution in [0.4, 0.5) is 0 Å². The lowest BCUT2D eigenvalue weighted by molar-refractivity contribution is 0.474. The number of nitrogens with zero attached hydrogens (tertiary/aromatic N) is 2. The van der Waals surface area contributed by atoms with E-state index in [1.165, 1.54) is 0 Å². The first kappa shape index (κ1) is 10.2. The zero-order valence-electron chi connectivity index (χ0n) is 8.59. The second kappa shape index (κ2) is 4.45. The van der Waals surface area contributed by atoms with E-state index in [2.05, 4.69) is 4.98 Å². The van der Waals surface area contributed by atoms with Crippen molar-refractivity contribution in [2.75, 3.05) is 0 Å². The van der Waals surface area contributed by atoms with Crippen LogP contribution in [-0.2, 0) is 6.42 Å². The number of rotatable bonds is 2. The van der Waals surface area contributed by atoms with Gasteiger partial charge in [-0.15, -0.1) is 0 Å². The van der Waals surface area contributed by atoms with Crippen molar-refractivity contribution in [1.82, 2.24) is 4.98 Å². The number of benzene rings is 1. The molecule has 16 heavy (non-hydrogen) atoms. The highest BCUT2D eigenvalue weighted by molar-refractivity contribution is 5.65. The Balaban J connectivity index is 2.48. The summed E-state index contributed by atoms with van der Waals surface area (Å²) in [5, 5.41) is 18.3. The van der Waals surface area contributed by atoms with Crippen molar-refractivity contribution in [1.29, 1.82) is 5.26 Å². The van der Waals surface area contributed by atoms with E-state index in [9.17, 15) is 5.11 Å². The summed E-state index contributed by atoms with van der Waals surface area (Å²) in [5.41, 5.74) is 2.03. The molecule has 0 spiro atoms. The molecule has 1 N–H and O–H groups in total. The van der Waals surface area contributed by atoms with Gasteiger partial charge in [-0.05, 0) is 12.1 Å². The van der Waals surface area contributed by atoms with Gasteiger partial charge in [-0.2, -0.15) is 5.26 Å². The van der Waals surface area contributed by atoms with E-state index in [0.717, 1.165) is 5.56 Å². The Morgan fingerprint density at radius 2 is 1.88 bits per heavy atom. The van der Waals surface area contributed by atoms with Crippen LogP contribution in [0, 0.1) is 11.3 Å². The fourth-order valence-corrected chi connectivity index (χ4v) is 1.48. The molecule has 0 atom stereocenters. The summed E-state index contributed by atoms with van der Waals surface area (Å²) in [5.74, 6) is 0.132. The largest absolute Gasteiger partial charge is 0.506 e. The van der Waals surface area contributed by atoms with Crippen LogP contribution in [0.15, 0.2) is 42.5 Å². The van der Waals surface area contributed by atoms with E-state index in [1.54, 1.807) is 12.1 Å². The van der Waals surface area contributed by atoms with Gasteiger partial charge < -0.3 is 5.11 Å². The Kier molecular flexibility index (Phi) is 2.84. The highest BCUT2D eigenvalue weighted by Gasteiger charge is 2.06. The molecular weight excluding hydrogens is 200 g/mol. The molecule has 2 aromatic rings. The van der Waals surface area contributed by atoms with E-state index in [1.807, 2.05) is 36.4 Å². The van der Waals surface area contributed by atoms with Gasteiger partial charge in [-0.3, -0.25) is 0 Å². The molecule has 3 heteroatoms. The molecular formula is C13H10N2O. The Morgan fingerprint density at radius 3 is 2.56 bits per heavy atom. The molecule has 1 heterocycles. The Morgan fingerprint density at radius 1 is 1.12 bits per heavy atom. The van der Waals surface area contributed by atoms with E-state index in [4.69, 9.17) is 5.26 Å². The minimum Gasteiger partial charge on any atom is -0.506 e. The smallest absolute Gasteiger partial charge is 0.141 e. The van der Waals surface area contributed by atoms with Crippen LogP contribution in [0.3, 0.4) is 0 Å². The van der Waals surface area contributed by atoms with Crippen LogP contribution in [-0.4, -0.2) is 10.1 Å². The van der Waals surface area contributed by atoms with E-state index in [0.29, 0.717) is 11.4 Å². The van der Waals surface area contributed by atoms with Crippen molar-refractivity contribution >= 4 is 0 Å². The van der Waals surface area contributed by atoms with Crippen molar-refractivity contribution in [3.8, 4) is 23.1 Å². The molecule has 0 aliphatic heterocycles. The quantitative estimate of drug-likeness (QED) is 0.828. The molecule has 0 unspecified atom stereocenters. The predicted molar refractivity (Wildman–Crippen MR) is 60.7 cm³/mol. The highest BCUT2D eigenvalue weighted by Crippen LogP contribution is 2.26. The minimum atomic E-state index is 0.132. The molecule has 0 aliphatic rings. The van der Waals surface area contributed by atoms with Crippen molar-refractivity contribution in [3.63, 3.8) is 0 Å². The Hall–Kier alpha value is -2.34. The molecule has 0 aliphatic carbocycles. The highest BCUT2D eigenvalue weighted by atomic mass is 16.3. The van der Waals surface area contributed by atoms with E-state index >= 15 is 0 Å². The van der Waals surface area contributed by atoms with Crippen molar-refractivity contribution < 1.29 is 5.11 Å².